The molecule has 0 aromatic carbocycles. The van der Waals surface area contributed by atoms with Crippen molar-refractivity contribution < 1.29 is 24.5 Å². The number of ether oxygens (including phenoxy) is 1. The van der Waals surface area contributed by atoms with Crippen LogP contribution in [-0.2, 0) is 14.3 Å². The summed E-state index contributed by atoms with van der Waals surface area (Å²) in [4.78, 5) is 24.1. The summed E-state index contributed by atoms with van der Waals surface area (Å²) in [7, 11) is 0. The third-order valence-corrected chi connectivity index (χ3v) is 6.66. The Morgan fingerprint density at radius 3 is 2.27 bits per heavy atom. The maximum atomic E-state index is 12.4. The average Bonchev–Trinajstić information content (AvgIpc) is 3.14. The van der Waals surface area contributed by atoms with Gasteiger partial charge < -0.3 is 14.9 Å². The number of aliphatic hydroxyl groups excluding tert-OH is 2. The van der Waals surface area contributed by atoms with Gasteiger partial charge in [-0.25, -0.2) is 4.79 Å². The highest BCUT2D eigenvalue weighted by Crippen LogP contribution is 2.49. The van der Waals surface area contributed by atoms with E-state index >= 15 is 0 Å². The van der Waals surface area contributed by atoms with Crippen molar-refractivity contribution >= 4 is 11.8 Å². The molecule has 5 nitrogen and oxygen atoms in total. The lowest BCUT2D eigenvalue weighted by Crippen LogP contribution is -2.35. The van der Waals surface area contributed by atoms with Crippen LogP contribution < -0.4 is 0 Å². The molecular weight excluding hydrogens is 380 g/mol. The molecule has 0 spiro atoms. The van der Waals surface area contributed by atoms with E-state index in [1.165, 1.54) is 19.3 Å². The Kier molecular flexibility index (Phi) is 12.3. The zero-order valence-electron chi connectivity index (χ0n) is 19.6. The van der Waals surface area contributed by atoms with Crippen molar-refractivity contribution in [3.05, 3.63) is 11.8 Å². The van der Waals surface area contributed by atoms with E-state index in [1.54, 1.807) is 13.8 Å². The number of hydrogen-bond donors (Lipinski definition) is 2. The van der Waals surface area contributed by atoms with E-state index in [1.807, 2.05) is 6.92 Å². The van der Waals surface area contributed by atoms with Gasteiger partial charge in [0.15, 0.2) is 0 Å². The number of unbranched alkanes of at least 4 members (excludes halogenated alkanes) is 4. The molecule has 0 aromatic rings. The molecule has 0 amide bonds. The minimum Gasteiger partial charge on any atom is -0.512 e. The molecule has 1 aliphatic carbocycles. The van der Waals surface area contributed by atoms with Gasteiger partial charge in [0.1, 0.15) is 11.5 Å². The Morgan fingerprint density at radius 2 is 1.67 bits per heavy atom. The summed E-state index contributed by atoms with van der Waals surface area (Å²) in [6, 6.07) is 0. The largest absolute Gasteiger partial charge is 0.512 e. The third kappa shape index (κ3) is 9.63. The molecule has 1 fully saturated rings. The first-order valence-corrected chi connectivity index (χ1v) is 12.0. The Bertz CT molecular complexity index is 546. The molecular formula is C25H44O5. The van der Waals surface area contributed by atoms with Crippen LogP contribution in [0.25, 0.3) is 0 Å². The van der Waals surface area contributed by atoms with Crippen LogP contribution in [0.4, 0.5) is 0 Å². The number of esters is 1. The lowest BCUT2D eigenvalue weighted by Gasteiger charge is -2.38. The van der Waals surface area contributed by atoms with Gasteiger partial charge >= 0.3 is 5.97 Å². The third-order valence-electron chi connectivity index (χ3n) is 6.66. The Labute approximate surface area is 183 Å². The summed E-state index contributed by atoms with van der Waals surface area (Å²) in [5.41, 5.74) is -0.0595. The van der Waals surface area contributed by atoms with Gasteiger partial charge in [-0.1, -0.05) is 52.4 Å². The van der Waals surface area contributed by atoms with E-state index in [9.17, 15) is 19.8 Å². The minimum absolute atomic E-state index is 0.0293. The van der Waals surface area contributed by atoms with E-state index in [-0.39, 0.29) is 29.6 Å². The zero-order chi connectivity index (χ0) is 22.6. The monoisotopic (exact) mass is 424 g/mol. The van der Waals surface area contributed by atoms with Crippen molar-refractivity contribution in [1.82, 2.24) is 0 Å². The molecule has 1 aliphatic rings. The number of carbonyl (C=O) groups is 2. The van der Waals surface area contributed by atoms with Crippen molar-refractivity contribution in [2.24, 2.45) is 11.3 Å². The predicted octanol–water partition coefficient (Wildman–Crippen LogP) is 6.04. The van der Waals surface area contributed by atoms with Crippen LogP contribution in [0, 0.1) is 11.3 Å². The maximum absolute atomic E-state index is 12.4. The van der Waals surface area contributed by atoms with Gasteiger partial charge in [-0.05, 0) is 50.9 Å². The molecule has 2 N–H and O–H groups in total. The molecule has 174 valence electrons. The molecule has 2 atom stereocenters. The van der Waals surface area contributed by atoms with Crippen molar-refractivity contribution in [3.8, 4) is 0 Å². The number of hydrogen-bond acceptors (Lipinski definition) is 5. The van der Waals surface area contributed by atoms with E-state index in [4.69, 9.17) is 4.74 Å². The van der Waals surface area contributed by atoms with Gasteiger partial charge in [-0.15, -0.1) is 0 Å². The molecule has 0 aliphatic heterocycles. The number of ketones is 1. The fourth-order valence-corrected chi connectivity index (χ4v) is 4.71. The van der Waals surface area contributed by atoms with Crippen molar-refractivity contribution in [2.45, 2.75) is 123 Å². The molecule has 30 heavy (non-hydrogen) atoms. The van der Waals surface area contributed by atoms with Crippen LogP contribution in [0.2, 0.25) is 0 Å². The smallest absolute Gasteiger partial charge is 0.334 e. The second-order valence-electron chi connectivity index (χ2n) is 9.45. The average molecular weight is 425 g/mol. The summed E-state index contributed by atoms with van der Waals surface area (Å²) >= 11 is 0. The van der Waals surface area contributed by atoms with Crippen LogP contribution >= 0.6 is 0 Å². The molecule has 0 saturated heterocycles. The van der Waals surface area contributed by atoms with Crippen molar-refractivity contribution in [2.75, 3.05) is 0 Å². The maximum Gasteiger partial charge on any atom is 0.334 e. The molecule has 5 heteroatoms. The van der Waals surface area contributed by atoms with Crippen LogP contribution in [0.1, 0.15) is 111 Å². The number of Topliss-reactive ketones (excluding diaryl/α,β-unsaturated/α-hetero) is 1. The first-order valence-electron chi connectivity index (χ1n) is 12.0. The number of carbonyl (C=O) groups excluding carboxylic acids is 2. The summed E-state index contributed by atoms with van der Waals surface area (Å²) in [6.07, 6.45) is 12.1. The highest BCUT2D eigenvalue weighted by Gasteiger charge is 2.42. The highest BCUT2D eigenvalue weighted by molar-refractivity contribution is 5.82. The molecule has 0 radical (unpaired) electrons. The normalized spacial score (nSPS) is 18.4. The van der Waals surface area contributed by atoms with Gasteiger partial charge in [0.25, 0.3) is 0 Å². The van der Waals surface area contributed by atoms with E-state index in [0.717, 1.165) is 51.0 Å². The summed E-state index contributed by atoms with van der Waals surface area (Å²) in [5, 5.41) is 20.9. The summed E-state index contributed by atoms with van der Waals surface area (Å²) in [5.74, 6) is -0.466. The first kappa shape index (κ1) is 26.7. The first-order chi connectivity index (χ1) is 14.2. The summed E-state index contributed by atoms with van der Waals surface area (Å²) in [6.45, 7) is 7.70. The molecule has 0 aromatic heterocycles. The minimum atomic E-state index is -0.754. The fraction of sp³-hybridized carbons (Fsp3) is 0.840. The Balaban J connectivity index is 2.57. The van der Waals surface area contributed by atoms with Gasteiger partial charge in [-0.3, -0.25) is 4.79 Å². The Hall–Kier alpha value is -1.36. The fourth-order valence-electron chi connectivity index (χ4n) is 4.71. The second kappa shape index (κ2) is 13.8. The number of aliphatic hydroxyl groups is 2. The molecule has 1 saturated carbocycles. The van der Waals surface area contributed by atoms with E-state index in [2.05, 4.69) is 6.92 Å². The van der Waals surface area contributed by atoms with Gasteiger partial charge in [0, 0.05) is 19.3 Å². The predicted molar refractivity (Wildman–Crippen MR) is 120 cm³/mol. The quantitative estimate of drug-likeness (QED) is 0.145. The van der Waals surface area contributed by atoms with Crippen LogP contribution in [0.15, 0.2) is 11.8 Å². The highest BCUT2D eigenvalue weighted by atomic mass is 16.5. The van der Waals surface area contributed by atoms with Gasteiger partial charge in [0.2, 0.25) is 0 Å². The van der Waals surface area contributed by atoms with Crippen molar-refractivity contribution in [3.63, 3.8) is 0 Å². The molecule has 1 rings (SSSR count). The van der Waals surface area contributed by atoms with E-state index in [0.29, 0.717) is 18.6 Å². The molecule has 0 unspecified atom stereocenters. The van der Waals surface area contributed by atoms with Gasteiger partial charge in [-0.2, -0.15) is 0 Å². The topological polar surface area (TPSA) is 83.8 Å². The number of rotatable bonds is 15. The Morgan fingerprint density at radius 1 is 1.03 bits per heavy atom. The van der Waals surface area contributed by atoms with Gasteiger partial charge in [0.05, 0.1) is 18.3 Å². The molecule has 0 bridgehead atoms. The second-order valence-corrected chi connectivity index (χ2v) is 9.45. The van der Waals surface area contributed by atoms with Crippen LogP contribution in [0.5, 0.6) is 0 Å². The lowest BCUT2D eigenvalue weighted by molar-refractivity contribution is -0.141. The van der Waals surface area contributed by atoms with Crippen LogP contribution in [0.3, 0.4) is 0 Å². The summed E-state index contributed by atoms with van der Waals surface area (Å²) < 4.78 is 5.01. The lowest BCUT2D eigenvalue weighted by atomic mass is 9.68. The standard InChI is InChI=1S/C25H44O5/c1-5-6-7-8-9-12-21(26)13-16-25(14-10-11-15-25)20(4)23(28)17-22(27)18-24(29)30-19(2)3/h18-20,23,27-28H,5-17H2,1-4H3/t20-,23+/m0/s1. The molecule has 0 heterocycles. The van der Waals surface area contributed by atoms with Crippen molar-refractivity contribution in [1.29, 1.82) is 0 Å². The van der Waals surface area contributed by atoms with Crippen LogP contribution in [-0.4, -0.2) is 34.2 Å². The van der Waals surface area contributed by atoms with E-state index < -0.39 is 12.1 Å². The SMILES string of the molecule is CCCCCCCC(=O)CCC1([C@@H](C)[C@H](O)CC(O)=CC(=O)OC(C)C)CCCC1. The zero-order valence-corrected chi connectivity index (χ0v) is 19.6.